The maximum Gasteiger partial charge on any atom is 0.231 e. The number of ether oxygens (including phenoxy) is 2. The van der Waals surface area contributed by atoms with Crippen molar-refractivity contribution in [3.8, 4) is 0 Å². The molecule has 2 unspecified atom stereocenters. The monoisotopic (exact) mass is 385 g/mol. The van der Waals surface area contributed by atoms with E-state index in [9.17, 15) is 0 Å². The number of aliphatic imine (C=N–C) groups is 1. The number of rotatable bonds is 5. The molecule has 142 valence electrons. The van der Waals surface area contributed by atoms with Crippen LogP contribution in [0.5, 0.6) is 0 Å². The average Bonchev–Trinajstić information content (AvgIpc) is 3.19. The molecule has 1 aliphatic carbocycles. The van der Waals surface area contributed by atoms with Crippen molar-refractivity contribution < 1.29 is 9.47 Å². The van der Waals surface area contributed by atoms with E-state index in [1.807, 2.05) is 22.9 Å². The quantitative estimate of drug-likeness (QED) is 0.811. The van der Waals surface area contributed by atoms with Gasteiger partial charge in [-0.1, -0.05) is 25.3 Å². The molecule has 3 aliphatic rings. The fourth-order valence-corrected chi connectivity index (χ4v) is 4.36. The molecular weight excluding hydrogens is 362 g/mol. The van der Waals surface area contributed by atoms with Crippen LogP contribution in [0, 0.1) is 11.3 Å². The third-order valence-corrected chi connectivity index (χ3v) is 6.05. The lowest BCUT2D eigenvalue weighted by atomic mass is 10.0. The Morgan fingerprint density at radius 1 is 1.41 bits per heavy atom. The predicted molar refractivity (Wildman–Crippen MR) is 107 cm³/mol. The van der Waals surface area contributed by atoms with Gasteiger partial charge in [0.15, 0.2) is 22.5 Å². The van der Waals surface area contributed by atoms with Gasteiger partial charge in [0.25, 0.3) is 0 Å². The van der Waals surface area contributed by atoms with Gasteiger partial charge in [0.05, 0.1) is 11.0 Å². The van der Waals surface area contributed by atoms with Crippen LogP contribution in [0.25, 0.3) is 0 Å². The van der Waals surface area contributed by atoms with E-state index in [2.05, 4.69) is 18.5 Å². The largest absolute Gasteiger partial charge is 0.454 e. The van der Waals surface area contributed by atoms with Crippen molar-refractivity contribution in [3.63, 3.8) is 0 Å². The summed E-state index contributed by atoms with van der Waals surface area (Å²) in [6.07, 6.45) is 7.48. The van der Waals surface area contributed by atoms with Gasteiger partial charge in [-0.3, -0.25) is 0 Å². The number of aromatic nitrogens is 2. The van der Waals surface area contributed by atoms with E-state index in [-0.39, 0.29) is 18.0 Å². The van der Waals surface area contributed by atoms with Crippen LogP contribution in [-0.4, -0.2) is 40.1 Å². The van der Waals surface area contributed by atoms with Crippen molar-refractivity contribution in [2.24, 2.45) is 16.6 Å². The fourth-order valence-electron chi connectivity index (χ4n) is 3.28. The zero-order valence-corrected chi connectivity index (χ0v) is 16.1. The molecule has 1 fully saturated rings. The maximum absolute atomic E-state index is 8.47. The summed E-state index contributed by atoms with van der Waals surface area (Å²) in [5.74, 6) is 2.49. The zero-order chi connectivity index (χ0) is 19.0. The third-order valence-electron chi connectivity index (χ3n) is 4.83. The van der Waals surface area contributed by atoms with Crippen molar-refractivity contribution in [1.29, 1.82) is 5.41 Å². The van der Waals surface area contributed by atoms with Gasteiger partial charge in [-0.2, -0.15) is 0 Å². The number of fused-ring (bicyclic) bond motifs is 2. The summed E-state index contributed by atoms with van der Waals surface area (Å²) in [5, 5.41) is 9.24. The Kier molecular flexibility index (Phi) is 4.92. The zero-order valence-electron chi connectivity index (χ0n) is 15.3. The summed E-state index contributed by atoms with van der Waals surface area (Å²) in [6.45, 7) is 7.58. The van der Waals surface area contributed by atoms with Crippen LogP contribution >= 0.6 is 11.8 Å². The molecule has 0 aromatic carbocycles. The molecule has 3 heterocycles. The smallest absolute Gasteiger partial charge is 0.231 e. The Balaban J connectivity index is 1.68. The molecule has 1 aromatic heterocycles. The van der Waals surface area contributed by atoms with Gasteiger partial charge in [-0.15, -0.1) is 0 Å². The molecule has 0 radical (unpaired) electrons. The van der Waals surface area contributed by atoms with E-state index in [1.165, 1.54) is 0 Å². The first-order chi connectivity index (χ1) is 13.1. The van der Waals surface area contributed by atoms with Gasteiger partial charge < -0.3 is 25.2 Å². The highest BCUT2D eigenvalue weighted by molar-refractivity contribution is 8.00. The number of nitrogens with zero attached hydrogens (tertiary/aromatic N) is 3. The highest BCUT2D eigenvalue weighted by Gasteiger charge is 2.29. The fraction of sp³-hybridized carbons (Fsp3) is 0.421. The minimum atomic E-state index is -0.0189. The van der Waals surface area contributed by atoms with Crippen LogP contribution in [0.15, 0.2) is 46.0 Å². The second kappa shape index (κ2) is 7.36. The van der Waals surface area contributed by atoms with Crippen molar-refractivity contribution in [2.75, 3.05) is 13.3 Å². The molecule has 0 bridgehead atoms. The first-order valence-corrected chi connectivity index (χ1v) is 9.96. The molecule has 8 heteroatoms. The lowest BCUT2D eigenvalue weighted by molar-refractivity contribution is 0.0978. The highest BCUT2D eigenvalue weighted by Crippen LogP contribution is 2.39. The molecule has 3 N–H and O–H groups in total. The van der Waals surface area contributed by atoms with Gasteiger partial charge >= 0.3 is 0 Å². The Labute approximate surface area is 162 Å². The van der Waals surface area contributed by atoms with Gasteiger partial charge in [-0.25, -0.2) is 9.98 Å². The normalized spacial score (nSPS) is 23.8. The minimum absolute atomic E-state index is 0.0189. The summed E-state index contributed by atoms with van der Waals surface area (Å²) in [6, 6.07) is 0. The number of hydrogen-bond acceptors (Lipinski definition) is 7. The van der Waals surface area contributed by atoms with Crippen LogP contribution in [0.1, 0.15) is 25.5 Å². The van der Waals surface area contributed by atoms with Crippen molar-refractivity contribution in [3.05, 3.63) is 41.5 Å². The van der Waals surface area contributed by atoms with Gasteiger partial charge in [0.1, 0.15) is 5.69 Å². The second-order valence-electron chi connectivity index (χ2n) is 6.70. The van der Waals surface area contributed by atoms with Gasteiger partial charge in [0, 0.05) is 19.3 Å². The van der Waals surface area contributed by atoms with Gasteiger partial charge in [-0.05, 0) is 36.5 Å². The van der Waals surface area contributed by atoms with E-state index in [0.717, 1.165) is 34.5 Å². The standard InChI is InChI=1S/C19H23N5O2S/c1-3-12-7-13(21)17-18(22-9-12)24(5-4-20)19(23-17)27-16-8-15-14(6-11(16)2)25-10-26-15/h6,8-9,12,16,21H,2-5,7,10,20H2,1H3. The Bertz CT molecular complexity index is 883. The van der Waals surface area contributed by atoms with E-state index < -0.39 is 0 Å². The number of nitrogens with one attached hydrogen (secondary N) is 1. The molecule has 1 saturated heterocycles. The first-order valence-electron chi connectivity index (χ1n) is 9.08. The molecule has 2 aliphatic heterocycles. The molecule has 2 atom stereocenters. The average molecular weight is 385 g/mol. The predicted octanol–water partition coefficient (Wildman–Crippen LogP) is 3.14. The van der Waals surface area contributed by atoms with Crippen LogP contribution in [0.2, 0.25) is 0 Å². The molecule has 7 nitrogen and oxygen atoms in total. The SMILES string of the molecule is C=C1C=C2OCOC2=CC1Sc1nc2c(n1CCN)N=CC(CC)CC2=N. The van der Waals surface area contributed by atoms with Crippen molar-refractivity contribution >= 4 is 29.5 Å². The van der Waals surface area contributed by atoms with Gasteiger partial charge in [0.2, 0.25) is 6.79 Å². The van der Waals surface area contributed by atoms with E-state index in [1.54, 1.807) is 11.8 Å². The van der Waals surface area contributed by atoms with E-state index in [0.29, 0.717) is 30.9 Å². The summed E-state index contributed by atoms with van der Waals surface area (Å²) < 4.78 is 12.9. The lowest BCUT2D eigenvalue weighted by Gasteiger charge is -2.18. The Morgan fingerprint density at radius 2 is 2.22 bits per heavy atom. The molecule has 0 spiro atoms. The number of hydrogen-bond donors (Lipinski definition) is 2. The summed E-state index contributed by atoms with van der Waals surface area (Å²) in [7, 11) is 0. The summed E-state index contributed by atoms with van der Waals surface area (Å²) in [5.41, 5.74) is 7.95. The van der Waals surface area contributed by atoms with Crippen LogP contribution in [0.4, 0.5) is 5.82 Å². The van der Waals surface area contributed by atoms with Crippen molar-refractivity contribution in [1.82, 2.24) is 9.55 Å². The summed E-state index contributed by atoms with van der Waals surface area (Å²) in [4.78, 5) is 9.43. The van der Waals surface area contributed by atoms with Crippen LogP contribution < -0.4 is 5.73 Å². The lowest BCUT2D eigenvalue weighted by Crippen LogP contribution is -2.13. The van der Waals surface area contributed by atoms with Crippen LogP contribution in [-0.2, 0) is 16.0 Å². The number of nitrogens with two attached hydrogens (primary N) is 1. The Hall–Kier alpha value is -2.32. The van der Waals surface area contributed by atoms with Crippen LogP contribution in [0.3, 0.4) is 0 Å². The van der Waals surface area contributed by atoms with E-state index >= 15 is 0 Å². The molecular formula is C19H23N5O2S. The van der Waals surface area contributed by atoms with E-state index in [4.69, 9.17) is 25.6 Å². The summed E-state index contributed by atoms with van der Waals surface area (Å²) >= 11 is 1.57. The first kappa shape index (κ1) is 18.1. The van der Waals surface area contributed by atoms with Crippen molar-refractivity contribution in [2.45, 2.75) is 36.7 Å². The molecule has 27 heavy (non-hydrogen) atoms. The topological polar surface area (TPSA) is 98.5 Å². The minimum Gasteiger partial charge on any atom is -0.454 e. The maximum atomic E-state index is 8.47. The number of thioether (sulfide) groups is 1. The second-order valence-corrected chi connectivity index (χ2v) is 7.80. The number of allylic oxidation sites excluding steroid dienone is 1. The number of imidazole rings is 1. The molecule has 1 aromatic rings. The molecule has 0 amide bonds. The Morgan fingerprint density at radius 3 is 3.00 bits per heavy atom. The third kappa shape index (κ3) is 3.35. The highest BCUT2D eigenvalue weighted by atomic mass is 32.2. The molecule has 0 saturated carbocycles. The molecule has 4 rings (SSSR count).